The number of nitrogen functional groups attached to an aromatic ring is 1. The molecule has 0 unspecified atom stereocenters. The van der Waals surface area contributed by atoms with Gasteiger partial charge < -0.3 is 16.0 Å². The molecule has 0 saturated heterocycles. The van der Waals surface area contributed by atoms with Crippen LogP contribution in [0.1, 0.15) is 35.9 Å². The molecule has 2 aromatic rings. The lowest BCUT2D eigenvalue weighted by Gasteiger charge is -2.24. The minimum Gasteiger partial charge on any atom is -0.383 e. The molecule has 116 valence electrons. The monoisotopic (exact) mass is 306 g/mol. The van der Waals surface area contributed by atoms with E-state index in [2.05, 4.69) is 17.1 Å². The zero-order valence-electron chi connectivity index (χ0n) is 13.0. The van der Waals surface area contributed by atoms with E-state index in [4.69, 9.17) is 11.5 Å². The average Bonchev–Trinajstić information content (AvgIpc) is 2.97. The van der Waals surface area contributed by atoms with Crippen molar-refractivity contribution in [3.8, 4) is 23.3 Å². The summed E-state index contributed by atoms with van der Waals surface area (Å²) in [7, 11) is 0. The SMILES string of the molecule is CCn1cc(-c2c(C#N)c(N)nc3c2C[C@@H](N)CC3)cc1C#N. The lowest BCUT2D eigenvalue weighted by molar-refractivity contribution is 0.568. The number of rotatable bonds is 2. The highest BCUT2D eigenvalue weighted by molar-refractivity contribution is 5.80. The molecule has 0 amide bonds. The van der Waals surface area contributed by atoms with Crippen LogP contribution in [0.5, 0.6) is 0 Å². The molecule has 0 aromatic carbocycles. The zero-order valence-corrected chi connectivity index (χ0v) is 13.0. The Hall–Kier alpha value is -2.83. The van der Waals surface area contributed by atoms with E-state index in [0.29, 0.717) is 24.2 Å². The van der Waals surface area contributed by atoms with Crippen LogP contribution in [0.4, 0.5) is 5.82 Å². The Balaban J connectivity index is 2.30. The molecule has 0 bridgehead atoms. The molecule has 0 radical (unpaired) electrons. The first kappa shape index (κ1) is 15.1. The Labute approximate surface area is 135 Å². The number of fused-ring (bicyclic) bond motifs is 1. The molecule has 1 atom stereocenters. The second-order valence-corrected chi connectivity index (χ2v) is 5.80. The van der Waals surface area contributed by atoms with Crippen molar-refractivity contribution in [3.05, 3.63) is 34.8 Å². The van der Waals surface area contributed by atoms with Crippen LogP contribution in [0.2, 0.25) is 0 Å². The number of nitrogens with two attached hydrogens (primary N) is 2. The number of aromatic nitrogens is 2. The fourth-order valence-electron chi connectivity index (χ4n) is 3.24. The summed E-state index contributed by atoms with van der Waals surface area (Å²) < 4.78 is 1.86. The van der Waals surface area contributed by atoms with Crippen molar-refractivity contribution in [1.29, 1.82) is 10.5 Å². The van der Waals surface area contributed by atoms with Crippen molar-refractivity contribution in [1.82, 2.24) is 9.55 Å². The van der Waals surface area contributed by atoms with Crippen LogP contribution < -0.4 is 11.5 Å². The van der Waals surface area contributed by atoms with Crippen LogP contribution in [0.3, 0.4) is 0 Å². The number of nitriles is 2. The van der Waals surface area contributed by atoms with Gasteiger partial charge in [0.2, 0.25) is 0 Å². The molecule has 0 fully saturated rings. The summed E-state index contributed by atoms with van der Waals surface area (Å²) in [4.78, 5) is 4.40. The van der Waals surface area contributed by atoms with E-state index in [1.165, 1.54) is 0 Å². The molecular formula is C17H18N6. The Morgan fingerprint density at radius 3 is 2.78 bits per heavy atom. The zero-order chi connectivity index (χ0) is 16.6. The Bertz CT molecular complexity index is 849. The Morgan fingerprint density at radius 1 is 1.39 bits per heavy atom. The molecule has 2 aromatic heterocycles. The second kappa shape index (κ2) is 5.75. The van der Waals surface area contributed by atoms with Gasteiger partial charge in [0, 0.05) is 35.6 Å². The third kappa shape index (κ3) is 2.44. The van der Waals surface area contributed by atoms with Gasteiger partial charge >= 0.3 is 0 Å². The van der Waals surface area contributed by atoms with Gasteiger partial charge in [-0.05, 0) is 37.8 Å². The number of nitrogens with zero attached hydrogens (tertiary/aromatic N) is 4. The van der Waals surface area contributed by atoms with Gasteiger partial charge in [0.1, 0.15) is 29.2 Å². The van der Waals surface area contributed by atoms with Crippen molar-refractivity contribution in [2.45, 2.75) is 38.8 Å². The normalized spacial score (nSPS) is 16.4. The van der Waals surface area contributed by atoms with Crippen LogP contribution in [0, 0.1) is 22.7 Å². The van der Waals surface area contributed by atoms with Gasteiger partial charge in [0.25, 0.3) is 0 Å². The van der Waals surface area contributed by atoms with Crippen LogP contribution in [0.15, 0.2) is 12.3 Å². The summed E-state index contributed by atoms with van der Waals surface area (Å²) >= 11 is 0. The van der Waals surface area contributed by atoms with E-state index in [1.807, 2.05) is 17.7 Å². The highest BCUT2D eigenvalue weighted by atomic mass is 15.0. The minimum absolute atomic E-state index is 0.0573. The summed E-state index contributed by atoms with van der Waals surface area (Å²) in [6, 6.07) is 6.22. The first-order chi connectivity index (χ1) is 11.1. The molecular weight excluding hydrogens is 288 g/mol. The van der Waals surface area contributed by atoms with Gasteiger partial charge in [-0.15, -0.1) is 0 Å². The number of hydrogen-bond acceptors (Lipinski definition) is 5. The van der Waals surface area contributed by atoms with Crippen LogP contribution in [-0.2, 0) is 19.4 Å². The van der Waals surface area contributed by atoms with Gasteiger partial charge in [-0.3, -0.25) is 0 Å². The average molecular weight is 306 g/mol. The van der Waals surface area contributed by atoms with Crippen molar-refractivity contribution >= 4 is 5.82 Å². The van der Waals surface area contributed by atoms with Crippen molar-refractivity contribution in [2.75, 3.05) is 5.73 Å². The van der Waals surface area contributed by atoms with E-state index >= 15 is 0 Å². The van der Waals surface area contributed by atoms with Gasteiger partial charge in [-0.2, -0.15) is 10.5 Å². The highest BCUT2D eigenvalue weighted by Crippen LogP contribution is 2.36. The van der Waals surface area contributed by atoms with E-state index in [9.17, 15) is 10.5 Å². The van der Waals surface area contributed by atoms with Crippen LogP contribution in [-0.4, -0.2) is 15.6 Å². The predicted octanol–water partition coefficient (Wildman–Crippen LogP) is 1.71. The summed E-state index contributed by atoms with van der Waals surface area (Å²) in [5.41, 5.74) is 16.6. The third-order valence-electron chi connectivity index (χ3n) is 4.38. The maximum absolute atomic E-state index is 9.55. The molecule has 4 N–H and O–H groups in total. The summed E-state index contributed by atoms with van der Waals surface area (Å²) in [6.07, 6.45) is 4.20. The molecule has 3 rings (SSSR count). The van der Waals surface area contributed by atoms with E-state index in [-0.39, 0.29) is 11.9 Å². The van der Waals surface area contributed by atoms with E-state index < -0.39 is 0 Å². The van der Waals surface area contributed by atoms with E-state index in [1.54, 1.807) is 6.07 Å². The van der Waals surface area contributed by atoms with Crippen molar-refractivity contribution < 1.29 is 0 Å². The molecule has 1 aliphatic carbocycles. The molecule has 6 nitrogen and oxygen atoms in total. The highest BCUT2D eigenvalue weighted by Gasteiger charge is 2.25. The van der Waals surface area contributed by atoms with Gasteiger partial charge in [-0.25, -0.2) is 4.98 Å². The molecule has 23 heavy (non-hydrogen) atoms. The van der Waals surface area contributed by atoms with Gasteiger partial charge in [0.15, 0.2) is 0 Å². The quantitative estimate of drug-likeness (QED) is 0.875. The molecule has 0 aliphatic heterocycles. The lowest BCUT2D eigenvalue weighted by atomic mass is 9.85. The second-order valence-electron chi connectivity index (χ2n) is 5.80. The molecule has 0 spiro atoms. The molecule has 6 heteroatoms. The number of anilines is 1. The topological polar surface area (TPSA) is 117 Å². The van der Waals surface area contributed by atoms with Crippen LogP contribution in [0.25, 0.3) is 11.1 Å². The van der Waals surface area contributed by atoms with Gasteiger partial charge in [0.05, 0.1) is 0 Å². The maximum atomic E-state index is 9.55. The predicted molar refractivity (Wildman–Crippen MR) is 87.2 cm³/mol. The Kier molecular flexibility index (Phi) is 3.77. The molecule has 0 saturated carbocycles. The minimum atomic E-state index is 0.0573. The summed E-state index contributed by atoms with van der Waals surface area (Å²) in [5, 5.41) is 18.8. The maximum Gasteiger partial charge on any atom is 0.142 e. The fraction of sp³-hybridized carbons (Fsp3) is 0.353. The summed E-state index contributed by atoms with van der Waals surface area (Å²) in [5.74, 6) is 0.250. The number of hydrogen-bond donors (Lipinski definition) is 2. The summed E-state index contributed by atoms with van der Waals surface area (Å²) in [6.45, 7) is 2.66. The third-order valence-corrected chi connectivity index (χ3v) is 4.38. The van der Waals surface area contributed by atoms with Crippen molar-refractivity contribution in [2.24, 2.45) is 5.73 Å². The first-order valence-electron chi connectivity index (χ1n) is 7.66. The standard InChI is InChI=1S/C17H18N6/c1-2-23-9-10(5-12(23)7-18)16-13-6-11(20)3-4-15(13)22-17(21)14(16)8-19/h5,9,11H,2-4,6,20H2,1H3,(H2,21,22)/t11-/m0/s1. The molecule has 2 heterocycles. The van der Waals surface area contributed by atoms with Crippen LogP contribution >= 0.6 is 0 Å². The first-order valence-corrected chi connectivity index (χ1v) is 7.66. The number of pyridine rings is 1. The fourth-order valence-corrected chi connectivity index (χ4v) is 3.24. The van der Waals surface area contributed by atoms with Crippen molar-refractivity contribution in [3.63, 3.8) is 0 Å². The number of aryl methyl sites for hydroxylation is 2. The Morgan fingerprint density at radius 2 is 2.17 bits per heavy atom. The van der Waals surface area contributed by atoms with E-state index in [0.717, 1.165) is 35.2 Å². The van der Waals surface area contributed by atoms with Gasteiger partial charge in [-0.1, -0.05) is 0 Å². The smallest absolute Gasteiger partial charge is 0.142 e. The lowest BCUT2D eigenvalue weighted by Crippen LogP contribution is -2.29. The molecule has 1 aliphatic rings. The largest absolute Gasteiger partial charge is 0.383 e.